The Hall–Kier alpha value is -0.650. The summed E-state index contributed by atoms with van der Waals surface area (Å²) in [7, 11) is 1.57. The van der Waals surface area contributed by atoms with Crippen LogP contribution in [-0.2, 0) is 9.53 Å². The van der Waals surface area contributed by atoms with Crippen LogP contribution in [0, 0.1) is 5.92 Å². The molecule has 0 aliphatic carbocycles. The van der Waals surface area contributed by atoms with Gasteiger partial charge in [-0.1, -0.05) is 13.8 Å². The molecule has 0 fully saturated rings. The van der Waals surface area contributed by atoms with E-state index in [1.807, 2.05) is 13.8 Å². The minimum atomic E-state index is -0.893. The summed E-state index contributed by atoms with van der Waals surface area (Å²) < 4.78 is 4.91. The molecule has 0 aromatic rings. The minimum absolute atomic E-state index is 0.0753. The summed E-state index contributed by atoms with van der Waals surface area (Å²) in [4.78, 5) is 12.4. The summed E-state index contributed by atoms with van der Waals surface area (Å²) in [5.41, 5.74) is -0.886. The highest BCUT2D eigenvalue weighted by molar-refractivity contribution is 5.69. The Morgan fingerprint density at radius 1 is 1.50 bits per heavy atom. The van der Waals surface area contributed by atoms with Crippen molar-refractivity contribution in [1.29, 1.82) is 0 Å². The maximum atomic E-state index is 10.7. The van der Waals surface area contributed by atoms with Gasteiger partial charge in [0.25, 0.3) is 0 Å². The number of carbonyl (C=O) groups is 1. The fourth-order valence-electron chi connectivity index (χ4n) is 1.26. The molecule has 5 nitrogen and oxygen atoms in total. The van der Waals surface area contributed by atoms with Crippen LogP contribution in [0.25, 0.3) is 0 Å². The van der Waals surface area contributed by atoms with E-state index in [4.69, 9.17) is 9.84 Å². The number of aliphatic hydroxyl groups is 1. The van der Waals surface area contributed by atoms with Crippen molar-refractivity contribution >= 4 is 5.97 Å². The zero-order chi connectivity index (χ0) is 12.8. The highest BCUT2D eigenvalue weighted by Gasteiger charge is 2.28. The second-order valence-electron chi connectivity index (χ2n) is 4.61. The van der Waals surface area contributed by atoms with Crippen LogP contribution in [0.15, 0.2) is 0 Å². The van der Waals surface area contributed by atoms with Crippen LogP contribution in [0.5, 0.6) is 0 Å². The van der Waals surface area contributed by atoms with Gasteiger partial charge in [0.15, 0.2) is 0 Å². The average molecular weight is 233 g/mol. The van der Waals surface area contributed by atoms with E-state index in [0.717, 1.165) is 0 Å². The predicted octanol–water partition coefficient (Wildman–Crippen LogP) is 0.426. The van der Waals surface area contributed by atoms with Crippen molar-refractivity contribution in [2.45, 2.75) is 26.4 Å². The van der Waals surface area contributed by atoms with Crippen molar-refractivity contribution in [3.05, 3.63) is 0 Å². The van der Waals surface area contributed by atoms with E-state index in [0.29, 0.717) is 19.7 Å². The number of hydrogen-bond donors (Lipinski definition) is 2. The summed E-state index contributed by atoms with van der Waals surface area (Å²) in [6, 6.07) is 0. The van der Waals surface area contributed by atoms with E-state index in [-0.39, 0.29) is 12.5 Å². The van der Waals surface area contributed by atoms with Crippen LogP contribution in [0.4, 0.5) is 0 Å². The zero-order valence-electron chi connectivity index (χ0n) is 10.6. The number of rotatable bonds is 8. The smallest absolute Gasteiger partial charge is 0.317 e. The largest absolute Gasteiger partial charge is 0.480 e. The number of nitrogens with zero attached hydrogens (tertiary/aromatic N) is 1. The molecule has 0 spiro atoms. The van der Waals surface area contributed by atoms with Crippen LogP contribution >= 0.6 is 0 Å². The van der Waals surface area contributed by atoms with Gasteiger partial charge in [0.05, 0.1) is 18.8 Å². The van der Waals surface area contributed by atoms with Crippen molar-refractivity contribution in [3.8, 4) is 0 Å². The molecule has 5 heteroatoms. The van der Waals surface area contributed by atoms with Crippen molar-refractivity contribution in [3.63, 3.8) is 0 Å². The van der Waals surface area contributed by atoms with Gasteiger partial charge in [-0.2, -0.15) is 0 Å². The third kappa shape index (κ3) is 6.05. The molecule has 0 amide bonds. The molecule has 0 aromatic carbocycles. The van der Waals surface area contributed by atoms with Gasteiger partial charge in [0, 0.05) is 20.2 Å². The van der Waals surface area contributed by atoms with Crippen molar-refractivity contribution < 1.29 is 19.7 Å². The Labute approximate surface area is 97.0 Å². The van der Waals surface area contributed by atoms with Gasteiger partial charge in [-0.25, -0.2) is 0 Å². The lowest BCUT2D eigenvalue weighted by Gasteiger charge is -2.33. The molecule has 0 rings (SSSR count). The number of methoxy groups -OCH3 is 1. The Kier molecular flexibility index (Phi) is 6.55. The van der Waals surface area contributed by atoms with E-state index >= 15 is 0 Å². The first kappa shape index (κ1) is 15.3. The topological polar surface area (TPSA) is 70.0 Å². The molecule has 0 aromatic heterocycles. The Bertz CT molecular complexity index is 216. The fourth-order valence-corrected chi connectivity index (χ4v) is 1.26. The van der Waals surface area contributed by atoms with E-state index in [1.165, 1.54) is 0 Å². The maximum Gasteiger partial charge on any atom is 0.317 e. The SMILES string of the molecule is COCCN(CC(=O)O)CC(C)(O)C(C)C. The lowest BCUT2D eigenvalue weighted by atomic mass is 9.92. The summed E-state index contributed by atoms with van der Waals surface area (Å²) in [6.07, 6.45) is 0. The Morgan fingerprint density at radius 3 is 2.44 bits per heavy atom. The molecule has 0 radical (unpaired) electrons. The molecule has 16 heavy (non-hydrogen) atoms. The number of ether oxygens (including phenoxy) is 1. The highest BCUT2D eigenvalue weighted by Crippen LogP contribution is 2.17. The summed E-state index contributed by atoms with van der Waals surface area (Å²) in [5.74, 6) is -0.818. The molecule has 1 atom stereocenters. The normalized spacial score (nSPS) is 15.4. The van der Waals surface area contributed by atoms with Gasteiger partial charge in [-0.05, 0) is 12.8 Å². The molecule has 96 valence electrons. The van der Waals surface area contributed by atoms with Crippen molar-refractivity contribution in [1.82, 2.24) is 4.90 Å². The summed E-state index contributed by atoms with van der Waals surface area (Å²) >= 11 is 0. The van der Waals surface area contributed by atoms with Gasteiger partial charge >= 0.3 is 5.97 Å². The molecule has 1 unspecified atom stereocenters. The van der Waals surface area contributed by atoms with Crippen LogP contribution in [-0.4, -0.2) is 60.0 Å². The number of hydrogen-bond acceptors (Lipinski definition) is 4. The average Bonchev–Trinajstić information content (AvgIpc) is 2.12. The molecule has 0 aliphatic rings. The van der Waals surface area contributed by atoms with Gasteiger partial charge in [0.1, 0.15) is 0 Å². The highest BCUT2D eigenvalue weighted by atomic mass is 16.5. The van der Waals surface area contributed by atoms with Gasteiger partial charge < -0.3 is 14.9 Å². The zero-order valence-corrected chi connectivity index (χ0v) is 10.6. The first-order valence-corrected chi connectivity index (χ1v) is 5.45. The van der Waals surface area contributed by atoms with Crippen molar-refractivity contribution in [2.24, 2.45) is 5.92 Å². The summed E-state index contributed by atoms with van der Waals surface area (Å²) in [6.45, 7) is 6.77. The number of carboxylic acid groups (broad SMARTS) is 1. The quantitative estimate of drug-likeness (QED) is 0.636. The number of carboxylic acids is 1. The van der Waals surface area contributed by atoms with E-state index < -0.39 is 11.6 Å². The summed E-state index contributed by atoms with van der Waals surface area (Å²) in [5, 5.41) is 18.9. The van der Waals surface area contributed by atoms with E-state index in [9.17, 15) is 9.90 Å². The van der Waals surface area contributed by atoms with E-state index in [2.05, 4.69) is 0 Å². The monoisotopic (exact) mass is 233 g/mol. The first-order valence-electron chi connectivity index (χ1n) is 5.45. The fraction of sp³-hybridized carbons (Fsp3) is 0.909. The van der Waals surface area contributed by atoms with Crippen LogP contribution in [0.2, 0.25) is 0 Å². The lowest BCUT2D eigenvalue weighted by Crippen LogP contribution is -2.47. The molecular weight excluding hydrogens is 210 g/mol. The third-order valence-electron chi connectivity index (χ3n) is 2.76. The van der Waals surface area contributed by atoms with Gasteiger partial charge in [0.2, 0.25) is 0 Å². The molecule has 0 saturated heterocycles. The molecule has 0 saturated carbocycles. The molecule has 2 N–H and O–H groups in total. The molecule has 0 bridgehead atoms. The predicted molar refractivity (Wildman–Crippen MR) is 61.4 cm³/mol. The maximum absolute atomic E-state index is 10.7. The third-order valence-corrected chi connectivity index (χ3v) is 2.76. The van der Waals surface area contributed by atoms with Crippen LogP contribution in [0.3, 0.4) is 0 Å². The second kappa shape index (κ2) is 6.83. The van der Waals surface area contributed by atoms with Crippen LogP contribution < -0.4 is 0 Å². The lowest BCUT2D eigenvalue weighted by molar-refractivity contribution is -0.139. The Morgan fingerprint density at radius 2 is 2.06 bits per heavy atom. The standard InChI is InChI=1S/C11H23NO4/c1-9(2)11(3,15)8-12(5-6-16-4)7-10(13)14/h9,15H,5-8H2,1-4H3,(H,13,14). The van der Waals surface area contributed by atoms with Crippen LogP contribution in [0.1, 0.15) is 20.8 Å². The Balaban J connectivity index is 4.34. The molecular formula is C11H23NO4. The number of aliphatic carboxylic acids is 1. The minimum Gasteiger partial charge on any atom is -0.480 e. The van der Waals surface area contributed by atoms with E-state index in [1.54, 1.807) is 18.9 Å². The van der Waals surface area contributed by atoms with Gasteiger partial charge in [-0.3, -0.25) is 9.69 Å². The molecule has 0 aliphatic heterocycles. The second-order valence-corrected chi connectivity index (χ2v) is 4.61. The molecule has 0 heterocycles. The first-order chi connectivity index (χ1) is 7.29. The van der Waals surface area contributed by atoms with Crippen molar-refractivity contribution in [2.75, 3.05) is 33.4 Å². The van der Waals surface area contributed by atoms with Gasteiger partial charge in [-0.15, -0.1) is 0 Å².